The summed E-state index contributed by atoms with van der Waals surface area (Å²) in [6.45, 7) is 2.38. The van der Waals surface area contributed by atoms with Gasteiger partial charge < -0.3 is 14.7 Å². The summed E-state index contributed by atoms with van der Waals surface area (Å²) in [5, 5.41) is 9.51. The van der Waals surface area contributed by atoms with Crippen LogP contribution in [0.15, 0.2) is 18.3 Å². The normalized spacial score (nSPS) is 26.7. The third-order valence-corrected chi connectivity index (χ3v) is 4.88. The fraction of sp³-hybridized carbons (Fsp3) is 0.588. The molecule has 0 radical (unpaired) electrons. The maximum absolute atomic E-state index is 12.9. The van der Waals surface area contributed by atoms with Crippen LogP contribution in [0.3, 0.4) is 0 Å². The standard InChI is InChI=1S/C17H22N2O4/c1-2-23-15-8-7-12(10-18-15)16(20)19-13-6-4-3-5-11(13)9-14(19)17(21)22/h7-8,10-11,13-14H,2-6,9H2,1H3,(H,21,22)/t11-,13-,14-/m0/s1. The van der Waals surface area contributed by atoms with Gasteiger partial charge in [0, 0.05) is 18.3 Å². The van der Waals surface area contributed by atoms with Crippen LogP contribution in [-0.2, 0) is 4.79 Å². The lowest BCUT2D eigenvalue weighted by atomic mass is 9.84. The quantitative estimate of drug-likeness (QED) is 0.921. The van der Waals surface area contributed by atoms with Gasteiger partial charge in [0.25, 0.3) is 5.91 Å². The molecule has 3 atom stereocenters. The van der Waals surface area contributed by atoms with Gasteiger partial charge in [0.05, 0.1) is 12.2 Å². The molecule has 1 amide bonds. The molecule has 6 heteroatoms. The van der Waals surface area contributed by atoms with Gasteiger partial charge in [0.15, 0.2) is 0 Å². The second-order valence-electron chi connectivity index (χ2n) is 6.23. The summed E-state index contributed by atoms with van der Waals surface area (Å²) >= 11 is 0. The first kappa shape index (κ1) is 15.8. The zero-order valence-corrected chi connectivity index (χ0v) is 13.3. The number of aliphatic carboxylic acids is 1. The number of hydrogen-bond acceptors (Lipinski definition) is 4. The Morgan fingerprint density at radius 3 is 2.78 bits per heavy atom. The van der Waals surface area contributed by atoms with Crippen LogP contribution in [0.25, 0.3) is 0 Å². The van der Waals surface area contributed by atoms with Gasteiger partial charge in [-0.15, -0.1) is 0 Å². The number of carbonyl (C=O) groups is 2. The summed E-state index contributed by atoms with van der Waals surface area (Å²) in [4.78, 5) is 30.2. The molecule has 1 aliphatic carbocycles. The number of carboxylic acids is 1. The molecule has 0 bridgehead atoms. The molecule has 6 nitrogen and oxygen atoms in total. The Labute approximate surface area is 135 Å². The molecule has 2 heterocycles. The van der Waals surface area contributed by atoms with Gasteiger partial charge in [-0.1, -0.05) is 12.8 Å². The molecule has 0 unspecified atom stereocenters. The van der Waals surface area contributed by atoms with Crippen molar-refractivity contribution in [2.24, 2.45) is 5.92 Å². The van der Waals surface area contributed by atoms with Crippen LogP contribution >= 0.6 is 0 Å². The van der Waals surface area contributed by atoms with Crippen LogP contribution in [0.4, 0.5) is 0 Å². The molecular formula is C17H22N2O4. The third kappa shape index (κ3) is 3.02. The Morgan fingerprint density at radius 1 is 1.35 bits per heavy atom. The molecule has 23 heavy (non-hydrogen) atoms. The van der Waals surface area contributed by atoms with Crippen LogP contribution in [-0.4, -0.2) is 45.6 Å². The zero-order chi connectivity index (χ0) is 16.4. The van der Waals surface area contributed by atoms with Crippen molar-refractivity contribution in [3.8, 4) is 5.88 Å². The largest absolute Gasteiger partial charge is 0.480 e. The van der Waals surface area contributed by atoms with E-state index in [1.54, 1.807) is 17.0 Å². The third-order valence-electron chi connectivity index (χ3n) is 4.88. The average molecular weight is 318 g/mol. The van der Waals surface area contributed by atoms with E-state index >= 15 is 0 Å². The average Bonchev–Trinajstić information content (AvgIpc) is 2.95. The van der Waals surface area contributed by atoms with E-state index in [0.29, 0.717) is 30.4 Å². The minimum Gasteiger partial charge on any atom is -0.480 e. The fourth-order valence-electron chi connectivity index (χ4n) is 3.86. The molecule has 0 spiro atoms. The second-order valence-corrected chi connectivity index (χ2v) is 6.23. The monoisotopic (exact) mass is 318 g/mol. The number of likely N-dealkylation sites (tertiary alicyclic amines) is 1. The van der Waals surface area contributed by atoms with Crippen molar-refractivity contribution < 1.29 is 19.4 Å². The van der Waals surface area contributed by atoms with Crippen molar-refractivity contribution in [2.45, 2.75) is 51.1 Å². The van der Waals surface area contributed by atoms with Gasteiger partial charge >= 0.3 is 5.97 Å². The van der Waals surface area contributed by atoms with Gasteiger partial charge in [-0.05, 0) is 38.2 Å². The highest BCUT2D eigenvalue weighted by Gasteiger charge is 2.47. The highest BCUT2D eigenvalue weighted by Crippen LogP contribution is 2.40. The van der Waals surface area contributed by atoms with Crippen LogP contribution in [0.1, 0.15) is 49.4 Å². The molecule has 1 aromatic heterocycles. The van der Waals surface area contributed by atoms with E-state index in [4.69, 9.17) is 4.74 Å². The summed E-state index contributed by atoms with van der Waals surface area (Å²) in [5.41, 5.74) is 0.422. The number of hydrogen-bond donors (Lipinski definition) is 1. The lowest BCUT2D eigenvalue weighted by Gasteiger charge is -2.33. The highest BCUT2D eigenvalue weighted by molar-refractivity contribution is 5.97. The van der Waals surface area contributed by atoms with Crippen molar-refractivity contribution in [1.29, 1.82) is 0 Å². The van der Waals surface area contributed by atoms with Crippen LogP contribution in [0.2, 0.25) is 0 Å². The van der Waals surface area contributed by atoms with Gasteiger partial charge in [-0.2, -0.15) is 0 Å². The number of aromatic nitrogens is 1. The lowest BCUT2D eigenvalue weighted by molar-refractivity contribution is -0.141. The van der Waals surface area contributed by atoms with E-state index in [9.17, 15) is 14.7 Å². The number of rotatable bonds is 4. The first-order chi connectivity index (χ1) is 11.1. The number of nitrogens with zero attached hydrogens (tertiary/aromatic N) is 2. The van der Waals surface area contributed by atoms with E-state index in [0.717, 1.165) is 25.7 Å². The van der Waals surface area contributed by atoms with Gasteiger partial charge in [0.1, 0.15) is 6.04 Å². The predicted molar refractivity (Wildman–Crippen MR) is 83.4 cm³/mol. The topological polar surface area (TPSA) is 79.7 Å². The minimum atomic E-state index is -0.911. The molecule has 1 aliphatic heterocycles. The molecule has 1 saturated heterocycles. The van der Waals surface area contributed by atoms with Crippen molar-refractivity contribution in [2.75, 3.05) is 6.61 Å². The number of fused-ring (bicyclic) bond motifs is 1. The minimum absolute atomic E-state index is 0.0453. The second kappa shape index (κ2) is 6.56. The van der Waals surface area contributed by atoms with Crippen LogP contribution in [0, 0.1) is 5.92 Å². The van der Waals surface area contributed by atoms with Gasteiger partial charge in [0.2, 0.25) is 5.88 Å². The molecule has 1 saturated carbocycles. The van der Waals surface area contributed by atoms with Crippen molar-refractivity contribution in [1.82, 2.24) is 9.88 Å². The maximum atomic E-state index is 12.9. The van der Waals surface area contributed by atoms with Crippen molar-refractivity contribution >= 4 is 11.9 Å². The van der Waals surface area contributed by atoms with E-state index < -0.39 is 12.0 Å². The molecule has 2 aliphatic rings. The van der Waals surface area contributed by atoms with Crippen LogP contribution < -0.4 is 4.74 Å². The van der Waals surface area contributed by atoms with Gasteiger partial charge in [-0.3, -0.25) is 4.79 Å². The maximum Gasteiger partial charge on any atom is 0.326 e. The molecular weight excluding hydrogens is 296 g/mol. The molecule has 1 aromatic rings. The number of pyridine rings is 1. The number of ether oxygens (including phenoxy) is 1. The Hall–Kier alpha value is -2.11. The van der Waals surface area contributed by atoms with E-state index in [2.05, 4.69) is 4.98 Å². The number of carbonyl (C=O) groups excluding carboxylic acids is 1. The highest BCUT2D eigenvalue weighted by atomic mass is 16.5. The molecule has 124 valence electrons. The smallest absolute Gasteiger partial charge is 0.326 e. The molecule has 0 aromatic carbocycles. The van der Waals surface area contributed by atoms with Crippen molar-refractivity contribution in [3.05, 3.63) is 23.9 Å². The van der Waals surface area contributed by atoms with Crippen LogP contribution in [0.5, 0.6) is 5.88 Å². The SMILES string of the molecule is CCOc1ccc(C(=O)N2[C@H](C(=O)O)C[C@@H]3CCCC[C@@H]32)cn1. The Bertz CT molecular complexity index is 587. The molecule has 2 fully saturated rings. The molecule has 1 N–H and O–H groups in total. The number of carboxylic acid groups (broad SMARTS) is 1. The summed E-state index contributed by atoms with van der Waals surface area (Å²) in [7, 11) is 0. The van der Waals surface area contributed by atoms with E-state index in [1.165, 1.54) is 6.20 Å². The first-order valence-electron chi connectivity index (χ1n) is 8.26. The summed E-state index contributed by atoms with van der Waals surface area (Å²) in [5.74, 6) is -0.366. The molecule has 3 rings (SSSR count). The predicted octanol–water partition coefficient (Wildman–Crippen LogP) is 2.34. The zero-order valence-electron chi connectivity index (χ0n) is 13.3. The number of amides is 1. The lowest BCUT2D eigenvalue weighted by Crippen LogP contribution is -2.46. The van der Waals surface area contributed by atoms with E-state index in [1.807, 2.05) is 6.92 Å². The Balaban J connectivity index is 1.84. The fourth-order valence-corrected chi connectivity index (χ4v) is 3.86. The summed E-state index contributed by atoms with van der Waals surface area (Å²) < 4.78 is 5.28. The summed E-state index contributed by atoms with van der Waals surface area (Å²) in [6.07, 6.45) is 6.13. The Kier molecular flexibility index (Phi) is 4.50. The summed E-state index contributed by atoms with van der Waals surface area (Å²) in [6, 6.07) is 2.64. The van der Waals surface area contributed by atoms with E-state index in [-0.39, 0.29) is 11.9 Å². The Morgan fingerprint density at radius 2 is 2.13 bits per heavy atom. The van der Waals surface area contributed by atoms with Crippen molar-refractivity contribution in [3.63, 3.8) is 0 Å². The first-order valence-corrected chi connectivity index (χ1v) is 8.26. The van der Waals surface area contributed by atoms with Gasteiger partial charge in [-0.25, -0.2) is 9.78 Å².